The maximum atomic E-state index is 13.7. The van der Waals surface area contributed by atoms with E-state index >= 15 is 0 Å². The number of nitrogens with zero attached hydrogens (tertiary/aromatic N) is 5. The average Bonchev–Trinajstić information content (AvgIpc) is 1.62. The Morgan fingerprint density at radius 1 is 0.328 bits per heavy atom. The van der Waals surface area contributed by atoms with Crippen molar-refractivity contribution >= 4 is 247 Å². The first kappa shape index (κ1) is 103. The number of carbonyl (C=O) groups excluding carboxylic acids is 8. The van der Waals surface area contributed by atoms with E-state index in [1.165, 1.54) is 6.07 Å². The maximum absolute atomic E-state index is 13.7. The number of amides is 4. The van der Waals surface area contributed by atoms with Gasteiger partial charge in [-0.2, -0.15) is 0 Å². The van der Waals surface area contributed by atoms with Gasteiger partial charge in [0.25, 0.3) is 11.8 Å². The van der Waals surface area contributed by atoms with Gasteiger partial charge in [0.05, 0.1) is 69.4 Å². The number of halogens is 14. The Morgan fingerprint density at radius 3 is 0.978 bits per heavy atom. The molecule has 0 saturated carbocycles. The highest BCUT2D eigenvalue weighted by Crippen LogP contribution is 2.44. The third kappa shape index (κ3) is 24.7. The fourth-order valence-corrected chi connectivity index (χ4v) is 20.2. The highest BCUT2D eigenvalue weighted by atomic mass is 127. The van der Waals surface area contributed by atoms with Gasteiger partial charge in [0.1, 0.15) is 5.54 Å². The van der Waals surface area contributed by atoms with E-state index in [4.69, 9.17) is 146 Å². The Bertz CT molecular complexity index is 6270. The molecule has 12 aromatic rings. The highest BCUT2D eigenvalue weighted by molar-refractivity contribution is 14.1. The van der Waals surface area contributed by atoms with Crippen LogP contribution in [0.3, 0.4) is 0 Å². The predicted octanol–water partition coefficient (Wildman–Crippen LogP) is 28.4. The van der Waals surface area contributed by atoms with Gasteiger partial charge in [-0.25, -0.2) is 11.5 Å². The van der Waals surface area contributed by atoms with Crippen LogP contribution >= 0.6 is 178 Å². The fraction of sp³-hybridized carbons (Fsp3) is 0.214. The maximum Gasteiger partial charge on any atom is 0.367 e. The van der Waals surface area contributed by atoms with E-state index in [1.54, 1.807) is 182 Å². The lowest BCUT2D eigenvalue weighted by Crippen LogP contribution is -2.52. The molecule has 0 aliphatic carbocycles. The summed E-state index contributed by atoms with van der Waals surface area (Å²) in [5.41, 5.74) is 6.69. The average molecular weight is 2210 g/mol. The fourth-order valence-electron chi connectivity index (χ4n) is 16.7. The quantitative estimate of drug-likeness (QED) is 0.0139. The molecule has 4 fully saturated rings. The van der Waals surface area contributed by atoms with Crippen molar-refractivity contribution in [1.82, 2.24) is 19.6 Å². The first-order chi connectivity index (χ1) is 64.2. The van der Waals surface area contributed by atoms with Gasteiger partial charge in [-0.1, -0.05) is 330 Å². The van der Waals surface area contributed by atoms with E-state index in [-0.39, 0.29) is 46.4 Å². The van der Waals surface area contributed by atoms with Crippen molar-refractivity contribution in [2.45, 2.75) is 110 Å². The minimum atomic E-state index is -1.40. The summed E-state index contributed by atoms with van der Waals surface area (Å²) in [4.78, 5) is 119. The Morgan fingerprint density at radius 2 is 0.619 bits per heavy atom. The molecule has 0 aromatic heterocycles. The standard InChI is InChI=1S/C27H25Cl3N2O2.C26H20Cl3N3O2.C25H20BrCl3N2O2.C25H20Cl3IN2O2/c1-2-27(13-6-14-32(27)17-18-9-11-22(29)23(30)15-18)26(34)31-24-12-10-20(28)16-21(24)25(33)19-7-4-3-5-8-19;1-30-26(12-5-13-32(26)16-17-8-10-21(28)22(29)14-17)25(34)31-23-11-9-19(27)15-20(23)24(33)18-6-3-2-4-7-18;26-25(11-4-12-31(25)15-16-7-9-20(28)21(29)13-16)24(33)30-22-10-8-18(27)14-19(22)23(32)17-5-2-1-3-6-17;26-18-8-10-22(19(14-18)23(32)17-5-2-1-3-6-17)30-24(33)25(29)11-4-12-31(25)15-16-7-9-20(27)21(28)13-16/h3-5,7-12,15-16H,2,6,13-14,17H2,1H3,(H,31,34);2-4,6-11,14-15H,5,12-13,16H2,(H,31,34);2*1-3,5-10,13-14H,4,11-12,15H2,(H,30,33)/t27-;26-;2*25-/m1111/s1. The molecule has 4 saturated heterocycles. The first-order valence-electron chi connectivity index (χ1n) is 42.6. The number of ketones is 4. The summed E-state index contributed by atoms with van der Waals surface area (Å²) in [6.07, 6.45) is 6.37. The summed E-state index contributed by atoms with van der Waals surface area (Å²) >= 11 is 79.5. The van der Waals surface area contributed by atoms with Crippen molar-refractivity contribution in [3.63, 3.8) is 0 Å². The number of alkyl halides is 2. The number of anilines is 4. The third-order valence-corrected chi connectivity index (χ3v) is 30.6. The van der Waals surface area contributed by atoms with Gasteiger partial charge in [-0.3, -0.25) is 57.9 Å². The number of likely N-dealkylation sites (tertiary alicyclic amines) is 4. The smallest absolute Gasteiger partial charge is 0.324 e. The number of hydrogen-bond donors (Lipinski definition) is 4. The molecule has 16 rings (SSSR count). The Labute approximate surface area is 859 Å². The summed E-state index contributed by atoms with van der Waals surface area (Å²) in [5.74, 6) is -1.90. The minimum Gasteiger partial charge on any atom is -0.324 e. The van der Waals surface area contributed by atoms with Crippen molar-refractivity contribution in [2.24, 2.45) is 0 Å². The second kappa shape index (κ2) is 46.6. The van der Waals surface area contributed by atoms with Crippen LogP contribution in [0.5, 0.6) is 0 Å². The zero-order valence-electron chi connectivity index (χ0n) is 71.7. The molecular formula is C103H85BrCl12IN9O8. The molecule has 0 radical (unpaired) electrons. The van der Waals surface area contributed by atoms with Gasteiger partial charge in [0, 0.05) is 110 Å². The van der Waals surface area contributed by atoms with Gasteiger partial charge >= 0.3 is 11.6 Å². The van der Waals surface area contributed by atoms with Crippen molar-refractivity contribution in [2.75, 3.05) is 47.4 Å². The molecule has 4 amide bonds. The van der Waals surface area contributed by atoms with Crippen LogP contribution in [0.2, 0.25) is 60.3 Å². The highest BCUT2D eigenvalue weighted by Gasteiger charge is 2.55. The van der Waals surface area contributed by atoms with E-state index in [2.05, 4.69) is 79.3 Å². The number of rotatable bonds is 25. The zero-order valence-corrected chi connectivity index (χ0v) is 84.5. The molecular weight excluding hydrogens is 2120 g/mol. The predicted molar refractivity (Wildman–Crippen MR) is 555 cm³/mol. The lowest BCUT2D eigenvalue weighted by molar-refractivity contribution is -0.127. The van der Waals surface area contributed by atoms with Gasteiger partial charge in [-0.05, 0) is 201 Å². The van der Waals surface area contributed by atoms with Crippen LogP contribution < -0.4 is 21.3 Å². The first-order valence-corrected chi connectivity index (χ1v) is 49.0. The molecule has 17 nitrogen and oxygen atoms in total. The summed E-state index contributed by atoms with van der Waals surface area (Å²) in [7, 11) is 0. The molecule has 4 heterocycles. The van der Waals surface area contributed by atoms with E-state index in [9.17, 15) is 38.4 Å². The molecule has 12 aromatic carbocycles. The van der Waals surface area contributed by atoms with Crippen LogP contribution in [0.4, 0.5) is 22.7 Å². The molecule has 688 valence electrons. The van der Waals surface area contributed by atoms with Crippen molar-refractivity contribution in [3.8, 4) is 0 Å². The number of carbonyl (C=O) groups is 8. The summed E-state index contributed by atoms with van der Waals surface area (Å²) < 4.78 is -1.69. The van der Waals surface area contributed by atoms with E-state index in [0.717, 1.165) is 67.6 Å². The SMILES string of the molecule is CC[C@]1(C(=O)Nc2ccc(Cl)cc2C(=O)c2ccccc2)CCCN1Cc1ccc(Cl)c(Cl)c1.O=C(c1ccccc1)c1cc(Cl)ccc1NC(=O)[C@@]1(Br)CCCN1Cc1ccc(Cl)c(Cl)c1.O=C(c1ccccc1)c1cc(Cl)ccc1NC(=O)[C@@]1(I)CCCN1Cc1ccc(Cl)c(Cl)c1.[C-]#[N+][C@]1(C(=O)Nc2ccc(Cl)cc2C(=O)c2ccccc2)CCCN1Cc1ccc(Cl)c(Cl)c1. The largest absolute Gasteiger partial charge is 0.367 e. The molecule has 4 aliphatic rings. The normalized spacial score (nSPS) is 18.1. The molecule has 0 unspecified atom stereocenters. The van der Waals surface area contributed by atoms with Gasteiger partial charge in [0.2, 0.25) is 5.91 Å². The van der Waals surface area contributed by atoms with Gasteiger partial charge in [-0.15, -0.1) is 0 Å². The van der Waals surface area contributed by atoms with Crippen LogP contribution in [0.25, 0.3) is 4.85 Å². The lowest BCUT2D eigenvalue weighted by Gasteiger charge is -2.36. The summed E-state index contributed by atoms with van der Waals surface area (Å²) in [6.45, 7) is 14.8. The molecule has 0 bridgehead atoms. The van der Waals surface area contributed by atoms with Crippen LogP contribution in [-0.4, -0.2) is 112 Å². The van der Waals surface area contributed by atoms with E-state index in [1.807, 2.05) is 90.7 Å². The zero-order chi connectivity index (χ0) is 95.8. The summed E-state index contributed by atoms with van der Waals surface area (Å²) in [6, 6.07) is 76.8. The number of hydrogen-bond acceptors (Lipinski definition) is 12. The topological polar surface area (TPSA) is 202 Å². The third-order valence-electron chi connectivity index (χ3n) is 23.7. The second-order valence-corrected chi connectivity index (χ2v) is 40.4. The molecule has 0 spiro atoms. The van der Waals surface area contributed by atoms with Gasteiger partial charge in [0.15, 0.2) is 31.1 Å². The Kier molecular flexibility index (Phi) is 35.7. The Hall–Kier alpha value is -8.78. The minimum absolute atomic E-state index is 0.128. The Balaban J connectivity index is 0.000000152. The molecule has 31 heteroatoms. The summed E-state index contributed by atoms with van der Waals surface area (Å²) in [5, 5.41) is 17.3. The molecule has 134 heavy (non-hydrogen) atoms. The monoisotopic (exact) mass is 2200 g/mol. The van der Waals surface area contributed by atoms with Crippen LogP contribution in [0.1, 0.15) is 151 Å². The van der Waals surface area contributed by atoms with E-state index < -0.39 is 25.1 Å². The van der Waals surface area contributed by atoms with Gasteiger partial charge < -0.3 is 21.3 Å². The van der Waals surface area contributed by atoms with Crippen LogP contribution in [0, 0.1) is 6.57 Å². The molecule has 4 aliphatic heterocycles. The molecule has 4 atom stereocenters. The van der Waals surface area contributed by atoms with Crippen LogP contribution in [-0.2, 0) is 45.4 Å². The van der Waals surface area contributed by atoms with Crippen molar-refractivity contribution in [1.29, 1.82) is 0 Å². The number of benzene rings is 12. The number of nitrogens with one attached hydrogen (secondary N) is 4. The van der Waals surface area contributed by atoms with Crippen LogP contribution in [0.15, 0.2) is 267 Å². The van der Waals surface area contributed by atoms with Crippen molar-refractivity contribution in [3.05, 3.63) is 405 Å². The van der Waals surface area contributed by atoms with E-state index in [0.29, 0.717) is 187 Å². The van der Waals surface area contributed by atoms with Crippen molar-refractivity contribution < 1.29 is 38.4 Å². The second-order valence-electron chi connectivity index (χ2n) is 32.3. The lowest BCUT2D eigenvalue weighted by atomic mass is 9.90. The molecule has 4 N–H and O–H groups in total.